The number of carbonyl (C=O) groups excluding carboxylic acids is 3. The van der Waals surface area contributed by atoms with Gasteiger partial charge in [-0.3, -0.25) is 19.3 Å². The number of rotatable bonds is 3. The number of imide groups is 1. The van der Waals surface area contributed by atoms with E-state index >= 15 is 0 Å². The minimum Gasteiger partial charge on any atom is -0.325 e. The van der Waals surface area contributed by atoms with Gasteiger partial charge in [-0.05, 0) is 50.3 Å². The predicted molar refractivity (Wildman–Crippen MR) is 86.4 cm³/mol. The third-order valence-electron chi connectivity index (χ3n) is 4.50. The van der Waals surface area contributed by atoms with Crippen LogP contribution in [0.4, 0.5) is 5.69 Å². The molecule has 1 aromatic carbocycles. The first-order chi connectivity index (χ1) is 11.1. The Morgan fingerprint density at radius 3 is 2.57 bits per heavy atom. The number of para-hydroxylation sites is 1. The lowest BCUT2D eigenvalue weighted by Gasteiger charge is -2.35. The van der Waals surface area contributed by atoms with E-state index in [1.54, 1.807) is 19.1 Å². The molecule has 3 rings (SSSR count). The van der Waals surface area contributed by atoms with Crippen molar-refractivity contribution < 1.29 is 14.4 Å². The molecule has 0 bridgehead atoms. The average Bonchev–Trinajstić information content (AvgIpc) is 2.56. The molecule has 1 atom stereocenters. The molecule has 0 fully saturated rings. The van der Waals surface area contributed by atoms with E-state index in [0.717, 1.165) is 18.4 Å². The molecule has 0 radical (unpaired) electrons. The van der Waals surface area contributed by atoms with Crippen LogP contribution in [-0.2, 0) is 14.4 Å². The molecule has 5 heteroatoms. The fourth-order valence-electron chi connectivity index (χ4n) is 3.37. The number of hydrogen-bond acceptors (Lipinski definition) is 3. The summed E-state index contributed by atoms with van der Waals surface area (Å²) in [4.78, 5) is 39.0. The molecule has 2 aliphatic rings. The zero-order chi connectivity index (χ0) is 16.4. The van der Waals surface area contributed by atoms with Gasteiger partial charge in [0.2, 0.25) is 11.8 Å². The van der Waals surface area contributed by atoms with Gasteiger partial charge in [0.15, 0.2) is 0 Å². The quantitative estimate of drug-likeness (QED) is 0.689. The molecule has 0 spiro atoms. The number of nitrogens with one attached hydrogen (secondary N) is 1. The number of likely N-dealkylation sites (N-methyl/N-ethyl adjacent to an activating group) is 1. The maximum Gasteiger partial charge on any atom is 0.256 e. The van der Waals surface area contributed by atoms with Gasteiger partial charge < -0.3 is 5.32 Å². The van der Waals surface area contributed by atoms with Crippen molar-refractivity contribution in [1.82, 2.24) is 4.90 Å². The van der Waals surface area contributed by atoms with Gasteiger partial charge in [-0.2, -0.15) is 0 Å². The fraction of sp³-hybridized carbons (Fsp3) is 0.389. The van der Waals surface area contributed by atoms with Gasteiger partial charge in [0, 0.05) is 17.8 Å². The van der Waals surface area contributed by atoms with Crippen LogP contribution in [0.2, 0.25) is 0 Å². The highest BCUT2D eigenvalue weighted by Gasteiger charge is 2.43. The molecular weight excluding hydrogens is 292 g/mol. The van der Waals surface area contributed by atoms with Crippen molar-refractivity contribution in [2.24, 2.45) is 5.92 Å². The number of benzene rings is 1. The first-order valence-electron chi connectivity index (χ1n) is 8.07. The fourth-order valence-corrected chi connectivity index (χ4v) is 3.37. The molecule has 1 aliphatic heterocycles. The maximum absolute atomic E-state index is 12.7. The van der Waals surface area contributed by atoms with Crippen molar-refractivity contribution in [1.29, 1.82) is 0 Å². The lowest BCUT2D eigenvalue weighted by molar-refractivity contribution is -0.147. The molecule has 1 aromatic rings. The average molecular weight is 312 g/mol. The van der Waals surface area contributed by atoms with Crippen LogP contribution in [0.1, 0.15) is 32.6 Å². The number of anilines is 1. The Morgan fingerprint density at radius 2 is 1.87 bits per heavy atom. The van der Waals surface area contributed by atoms with E-state index in [-0.39, 0.29) is 11.8 Å². The SMILES string of the molecule is CCN1C(=O)C2=C(CCCC2)[C@@H](C(=O)Nc2ccccc2)C1=O. The minimum absolute atomic E-state index is 0.212. The van der Waals surface area contributed by atoms with E-state index in [0.29, 0.717) is 30.6 Å². The number of nitrogens with zero attached hydrogens (tertiary/aromatic N) is 1. The Kier molecular flexibility index (Phi) is 4.28. The first kappa shape index (κ1) is 15.5. The van der Waals surface area contributed by atoms with Crippen molar-refractivity contribution in [2.45, 2.75) is 32.6 Å². The molecule has 0 aromatic heterocycles. The standard InChI is InChI=1S/C18H20N2O3/c1-2-20-17(22)14-11-7-6-10-13(14)15(18(20)23)16(21)19-12-8-4-3-5-9-12/h3-5,8-9,15H,2,6-7,10-11H2,1H3,(H,19,21)/t15-/m0/s1. The third-order valence-corrected chi connectivity index (χ3v) is 4.50. The molecule has 5 nitrogen and oxygen atoms in total. The molecule has 0 saturated carbocycles. The van der Waals surface area contributed by atoms with Crippen LogP contribution >= 0.6 is 0 Å². The number of amides is 3. The van der Waals surface area contributed by atoms with Crippen LogP contribution in [0.3, 0.4) is 0 Å². The highest BCUT2D eigenvalue weighted by Crippen LogP contribution is 2.36. The summed E-state index contributed by atoms with van der Waals surface area (Å²) in [5.74, 6) is -1.83. The van der Waals surface area contributed by atoms with Crippen LogP contribution in [0.25, 0.3) is 0 Å². The van der Waals surface area contributed by atoms with Crippen molar-refractivity contribution in [3.8, 4) is 0 Å². The summed E-state index contributed by atoms with van der Waals surface area (Å²) in [5.41, 5.74) is 2.05. The Hall–Kier alpha value is -2.43. The predicted octanol–water partition coefficient (Wildman–Crippen LogP) is 2.50. The second-order valence-corrected chi connectivity index (χ2v) is 5.89. The van der Waals surface area contributed by atoms with E-state index in [4.69, 9.17) is 0 Å². The topological polar surface area (TPSA) is 66.5 Å². The van der Waals surface area contributed by atoms with Crippen LogP contribution in [0.5, 0.6) is 0 Å². The van der Waals surface area contributed by atoms with Crippen LogP contribution in [-0.4, -0.2) is 29.2 Å². The molecule has 23 heavy (non-hydrogen) atoms. The summed E-state index contributed by atoms with van der Waals surface area (Å²) in [6, 6.07) is 9.08. The maximum atomic E-state index is 12.7. The number of carbonyl (C=O) groups is 3. The molecule has 1 N–H and O–H groups in total. The van der Waals surface area contributed by atoms with Gasteiger partial charge in [0.25, 0.3) is 5.91 Å². The lowest BCUT2D eigenvalue weighted by Crippen LogP contribution is -2.50. The first-order valence-corrected chi connectivity index (χ1v) is 8.07. The van der Waals surface area contributed by atoms with Crippen LogP contribution < -0.4 is 5.32 Å². The molecule has 120 valence electrons. The van der Waals surface area contributed by atoms with Gasteiger partial charge in [-0.15, -0.1) is 0 Å². The third kappa shape index (κ3) is 2.79. The van der Waals surface area contributed by atoms with E-state index < -0.39 is 11.8 Å². The zero-order valence-corrected chi connectivity index (χ0v) is 13.2. The Bertz CT molecular complexity index is 679. The van der Waals surface area contributed by atoms with Crippen LogP contribution in [0.15, 0.2) is 41.5 Å². The Balaban J connectivity index is 1.94. The largest absolute Gasteiger partial charge is 0.325 e. The molecule has 1 heterocycles. The summed E-state index contributed by atoms with van der Waals surface area (Å²) < 4.78 is 0. The molecule has 0 saturated heterocycles. The van der Waals surface area contributed by atoms with Crippen molar-refractivity contribution >= 4 is 23.4 Å². The Labute approximate surface area is 135 Å². The number of hydrogen-bond donors (Lipinski definition) is 1. The van der Waals surface area contributed by atoms with Crippen LogP contribution in [0, 0.1) is 5.92 Å². The van der Waals surface area contributed by atoms with Gasteiger partial charge in [0.05, 0.1) is 0 Å². The van der Waals surface area contributed by atoms with Gasteiger partial charge >= 0.3 is 0 Å². The minimum atomic E-state index is -0.872. The summed E-state index contributed by atoms with van der Waals surface area (Å²) in [7, 11) is 0. The molecule has 0 unspecified atom stereocenters. The molecule has 3 amide bonds. The smallest absolute Gasteiger partial charge is 0.256 e. The lowest BCUT2D eigenvalue weighted by atomic mass is 9.79. The highest BCUT2D eigenvalue weighted by atomic mass is 16.2. The van der Waals surface area contributed by atoms with E-state index in [1.165, 1.54) is 4.90 Å². The van der Waals surface area contributed by atoms with Gasteiger partial charge in [-0.25, -0.2) is 0 Å². The van der Waals surface area contributed by atoms with E-state index in [2.05, 4.69) is 5.32 Å². The van der Waals surface area contributed by atoms with E-state index in [1.807, 2.05) is 18.2 Å². The summed E-state index contributed by atoms with van der Waals surface area (Å²) in [6.07, 6.45) is 3.16. The van der Waals surface area contributed by atoms with Crippen molar-refractivity contribution in [2.75, 3.05) is 11.9 Å². The summed E-state index contributed by atoms with van der Waals surface area (Å²) in [5, 5.41) is 2.80. The second-order valence-electron chi connectivity index (χ2n) is 5.89. The second kappa shape index (κ2) is 6.36. The van der Waals surface area contributed by atoms with E-state index in [9.17, 15) is 14.4 Å². The zero-order valence-electron chi connectivity index (χ0n) is 13.2. The molecular formula is C18H20N2O3. The summed E-state index contributed by atoms with van der Waals surface area (Å²) in [6.45, 7) is 2.06. The molecule has 1 aliphatic carbocycles. The summed E-state index contributed by atoms with van der Waals surface area (Å²) >= 11 is 0. The normalized spacial score (nSPS) is 21.3. The van der Waals surface area contributed by atoms with Gasteiger partial charge in [0.1, 0.15) is 5.92 Å². The van der Waals surface area contributed by atoms with Crippen molar-refractivity contribution in [3.05, 3.63) is 41.5 Å². The highest BCUT2D eigenvalue weighted by molar-refractivity contribution is 6.18. The van der Waals surface area contributed by atoms with Gasteiger partial charge in [-0.1, -0.05) is 18.2 Å². The van der Waals surface area contributed by atoms with Crippen molar-refractivity contribution in [3.63, 3.8) is 0 Å². The Morgan fingerprint density at radius 1 is 1.17 bits per heavy atom. The monoisotopic (exact) mass is 312 g/mol.